The summed E-state index contributed by atoms with van der Waals surface area (Å²) in [6.07, 6.45) is 3.33. The van der Waals surface area contributed by atoms with Gasteiger partial charge in [0.05, 0.1) is 5.69 Å². The normalized spacial score (nSPS) is 9.45. The van der Waals surface area contributed by atoms with Crippen LogP contribution in [0.3, 0.4) is 0 Å². The number of aromatic nitrogens is 1. The molecule has 0 unspecified atom stereocenters. The van der Waals surface area contributed by atoms with Gasteiger partial charge in [-0.15, -0.1) is 0 Å². The Morgan fingerprint density at radius 3 is 3.09 bits per heavy atom. The largest absolute Gasteiger partial charge is 0.506 e. The van der Waals surface area contributed by atoms with Gasteiger partial charge < -0.3 is 9.90 Å². The van der Waals surface area contributed by atoms with Crippen molar-refractivity contribution in [2.75, 3.05) is 0 Å². The summed E-state index contributed by atoms with van der Waals surface area (Å²) in [7, 11) is 0. The molecule has 1 aromatic rings. The molecule has 1 heterocycles. The fourth-order valence-corrected chi connectivity index (χ4v) is 0.818. The first-order valence-corrected chi connectivity index (χ1v) is 3.41. The standard InChI is InChI=1S/C8H9NO2/c10-6-2-3-7-8(11)4-1-5-9-7/h1,4-6,11H,2-3H2. The van der Waals surface area contributed by atoms with Crippen LogP contribution in [0.2, 0.25) is 0 Å². The lowest BCUT2D eigenvalue weighted by molar-refractivity contribution is -0.107. The number of rotatable bonds is 3. The second kappa shape index (κ2) is 3.71. The average molecular weight is 151 g/mol. The van der Waals surface area contributed by atoms with Gasteiger partial charge in [0, 0.05) is 12.6 Å². The number of hydrogen-bond donors (Lipinski definition) is 1. The van der Waals surface area contributed by atoms with Gasteiger partial charge in [-0.1, -0.05) is 0 Å². The van der Waals surface area contributed by atoms with Crippen molar-refractivity contribution in [2.24, 2.45) is 0 Å². The monoisotopic (exact) mass is 151 g/mol. The van der Waals surface area contributed by atoms with Crippen LogP contribution in [0.5, 0.6) is 5.75 Å². The molecule has 1 aromatic heterocycles. The fraction of sp³-hybridized carbons (Fsp3) is 0.250. The van der Waals surface area contributed by atoms with Crippen LogP contribution in [0.15, 0.2) is 18.3 Å². The Kier molecular flexibility index (Phi) is 2.60. The van der Waals surface area contributed by atoms with Crippen molar-refractivity contribution in [3.05, 3.63) is 24.0 Å². The predicted molar refractivity (Wildman–Crippen MR) is 40.3 cm³/mol. The molecular weight excluding hydrogens is 142 g/mol. The van der Waals surface area contributed by atoms with Crippen LogP contribution in [-0.4, -0.2) is 16.4 Å². The molecular formula is C8H9NO2. The van der Waals surface area contributed by atoms with E-state index in [-0.39, 0.29) is 5.75 Å². The van der Waals surface area contributed by atoms with Gasteiger partial charge in [0.15, 0.2) is 0 Å². The van der Waals surface area contributed by atoms with Gasteiger partial charge in [0.25, 0.3) is 0 Å². The molecule has 0 aliphatic carbocycles. The summed E-state index contributed by atoms with van der Waals surface area (Å²) in [6, 6.07) is 3.22. The highest BCUT2D eigenvalue weighted by Gasteiger charge is 1.98. The van der Waals surface area contributed by atoms with Gasteiger partial charge in [-0.25, -0.2) is 0 Å². The summed E-state index contributed by atoms with van der Waals surface area (Å²) in [4.78, 5) is 13.9. The molecule has 0 bridgehead atoms. The van der Waals surface area contributed by atoms with E-state index in [2.05, 4.69) is 4.98 Å². The van der Waals surface area contributed by atoms with Crippen LogP contribution in [-0.2, 0) is 11.2 Å². The SMILES string of the molecule is O=CCCc1ncccc1O. The van der Waals surface area contributed by atoms with Crippen molar-refractivity contribution in [3.8, 4) is 5.75 Å². The second-order valence-corrected chi connectivity index (χ2v) is 2.17. The average Bonchev–Trinajstić information content (AvgIpc) is 2.03. The summed E-state index contributed by atoms with van der Waals surface area (Å²) in [6.45, 7) is 0. The fourth-order valence-electron chi connectivity index (χ4n) is 0.818. The third kappa shape index (κ3) is 2.04. The van der Waals surface area contributed by atoms with E-state index in [1.807, 2.05) is 0 Å². The highest BCUT2D eigenvalue weighted by molar-refractivity contribution is 5.50. The van der Waals surface area contributed by atoms with E-state index in [0.29, 0.717) is 18.5 Å². The zero-order valence-corrected chi connectivity index (χ0v) is 6.03. The lowest BCUT2D eigenvalue weighted by Gasteiger charge is -1.98. The highest BCUT2D eigenvalue weighted by atomic mass is 16.3. The van der Waals surface area contributed by atoms with Crippen LogP contribution in [0.25, 0.3) is 0 Å². The minimum atomic E-state index is 0.161. The molecule has 0 saturated heterocycles. The molecule has 3 heteroatoms. The maximum Gasteiger partial charge on any atom is 0.137 e. The number of carbonyl (C=O) groups is 1. The molecule has 0 fully saturated rings. The van der Waals surface area contributed by atoms with Crippen LogP contribution >= 0.6 is 0 Å². The number of hydrogen-bond acceptors (Lipinski definition) is 3. The molecule has 11 heavy (non-hydrogen) atoms. The molecule has 0 aromatic carbocycles. The molecule has 58 valence electrons. The maximum absolute atomic E-state index is 9.98. The summed E-state index contributed by atoms with van der Waals surface area (Å²) in [5, 5.41) is 9.16. The summed E-state index contributed by atoms with van der Waals surface area (Å²) < 4.78 is 0. The second-order valence-electron chi connectivity index (χ2n) is 2.17. The highest BCUT2D eigenvalue weighted by Crippen LogP contribution is 2.13. The topological polar surface area (TPSA) is 50.2 Å². The quantitative estimate of drug-likeness (QED) is 0.653. The van der Waals surface area contributed by atoms with E-state index in [1.165, 1.54) is 0 Å². The molecule has 0 aliphatic rings. The number of aromatic hydroxyl groups is 1. The van der Waals surface area contributed by atoms with Gasteiger partial charge in [0.1, 0.15) is 12.0 Å². The molecule has 0 radical (unpaired) electrons. The van der Waals surface area contributed by atoms with Gasteiger partial charge in [-0.05, 0) is 18.6 Å². The lowest BCUT2D eigenvalue weighted by Crippen LogP contribution is -1.90. The van der Waals surface area contributed by atoms with Crippen LogP contribution in [0.1, 0.15) is 12.1 Å². The van der Waals surface area contributed by atoms with Gasteiger partial charge in [-0.2, -0.15) is 0 Å². The van der Waals surface area contributed by atoms with Gasteiger partial charge in [-0.3, -0.25) is 4.98 Å². The van der Waals surface area contributed by atoms with Crippen molar-refractivity contribution < 1.29 is 9.90 Å². The molecule has 1 N–H and O–H groups in total. The first-order valence-electron chi connectivity index (χ1n) is 3.41. The molecule has 0 aliphatic heterocycles. The van der Waals surface area contributed by atoms with E-state index in [1.54, 1.807) is 18.3 Å². The molecule has 1 rings (SSSR count). The first-order chi connectivity index (χ1) is 5.34. The Morgan fingerprint density at radius 1 is 1.64 bits per heavy atom. The summed E-state index contributed by atoms with van der Waals surface area (Å²) >= 11 is 0. The molecule has 0 saturated carbocycles. The third-order valence-corrected chi connectivity index (χ3v) is 1.37. The van der Waals surface area contributed by atoms with Gasteiger partial charge in [0.2, 0.25) is 0 Å². The minimum Gasteiger partial charge on any atom is -0.506 e. The number of pyridine rings is 1. The van der Waals surface area contributed by atoms with Crippen molar-refractivity contribution in [1.29, 1.82) is 0 Å². The Labute approximate surface area is 64.7 Å². The lowest BCUT2D eigenvalue weighted by atomic mass is 10.2. The number of aldehydes is 1. The van der Waals surface area contributed by atoms with Crippen LogP contribution in [0.4, 0.5) is 0 Å². The minimum absolute atomic E-state index is 0.161. The Hall–Kier alpha value is -1.38. The Bertz CT molecular complexity index is 248. The zero-order valence-electron chi connectivity index (χ0n) is 6.03. The zero-order chi connectivity index (χ0) is 8.10. The molecule has 0 amide bonds. The molecule has 3 nitrogen and oxygen atoms in total. The smallest absolute Gasteiger partial charge is 0.137 e. The van der Waals surface area contributed by atoms with E-state index >= 15 is 0 Å². The van der Waals surface area contributed by atoms with Crippen LogP contribution < -0.4 is 0 Å². The maximum atomic E-state index is 9.98. The third-order valence-electron chi connectivity index (χ3n) is 1.37. The summed E-state index contributed by atoms with van der Waals surface area (Å²) in [5.74, 6) is 0.161. The van der Waals surface area contributed by atoms with Gasteiger partial charge >= 0.3 is 0 Å². The molecule has 0 atom stereocenters. The van der Waals surface area contributed by atoms with Crippen molar-refractivity contribution >= 4 is 6.29 Å². The van der Waals surface area contributed by atoms with Crippen molar-refractivity contribution in [1.82, 2.24) is 4.98 Å². The van der Waals surface area contributed by atoms with Crippen LogP contribution in [0, 0.1) is 0 Å². The van der Waals surface area contributed by atoms with E-state index in [9.17, 15) is 4.79 Å². The Morgan fingerprint density at radius 2 is 2.45 bits per heavy atom. The van der Waals surface area contributed by atoms with E-state index in [0.717, 1.165) is 6.29 Å². The number of nitrogens with zero attached hydrogens (tertiary/aromatic N) is 1. The number of carbonyl (C=O) groups excluding carboxylic acids is 1. The first kappa shape index (κ1) is 7.72. The van der Waals surface area contributed by atoms with E-state index < -0.39 is 0 Å². The number of aryl methyl sites for hydroxylation is 1. The van der Waals surface area contributed by atoms with E-state index in [4.69, 9.17) is 5.11 Å². The van der Waals surface area contributed by atoms with Crippen molar-refractivity contribution in [2.45, 2.75) is 12.8 Å². The Balaban J connectivity index is 2.69. The molecule has 0 spiro atoms. The van der Waals surface area contributed by atoms with Crippen molar-refractivity contribution in [3.63, 3.8) is 0 Å². The summed E-state index contributed by atoms with van der Waals surface area (Å²) in [5.41, 5.74) is 0.583. The predicted octanol–water partition coefficient (Wildman–Crippen LogP) is 0.919.